The van der Waals surface area contributed by atoms with E-state index in [0.29, 0.717) is 11.1 Å². The van der Waals surface area contributed by atoms with E-state index in [1.165, 1.54) is 10.9 Å². The first kappa shape index (κ1) is 14.8. The number of aromatic nitrogens is 2. The van der Waals surface area contributed by atoms with Crippen LogP contribution in [0.25, 0.3) is 0 Å². The van der Waals surface area contributed by atoms with Crippen LogP contribution in [0.4, 0.5) is 0 Å². The smallest absolute Gasteiger partial charge is 0.315 e. The van der Waals surface area contributed by atoms with Gasteiger partial charge in [0.1, 0.15) is 5.41 Å². The Morgan fingerprint density at radius 2 is 2.00 bits per heavy atom. The number of nitrogens with one attached hydrogen (secondary N) is 1. The van der Waals surface area contributed by atoms with Crippen LogP contribution in [0.1, 0.15) is 22.8 Å². The predicted octanol–water partition coefficient (Wildman–Crippen LogP) is 1.19. The number of aliphatic carboxylic acids is 1. The van der Waals surface area contributed by atoms with Crippen LogP contribution >= 0.6 is 0 Å². The molecule has 0 saturated carbocycles. The summed E-state index contributed by atoms with van der Waals surface area (Å²) in [4.78, 5) is 23.6. The van der Waals surface area contributed by atoms with Crippen molar-refractivity contribution in [2.75, 3.05) is 6.54 Å². The van der Waals surface area contributed by atoms with Crippen molar-refractivity contribution in [3.8, 4) is 0 Å². The Balaban J connectivity index is 2.14. The molecule has 2 N–H and O–H groups in total. The number of carboxylic acid groups (broad SMARTS) is 1. The van der Waals surface area contributed by atoms with Gasteiger partial charge in [-0.05, 0) is 12.5 Å². The molecule has 1 aromatic carbocycles. The highest BCUT2D eigenvalue weighted by molar-refractivity contribution is 5.94. The van der Waals surface area contributed by atoms with E-state index in [1.54, 1.807) is 44.4 Å². The molecular weight excluding hydrogens is 270 g/mol. The summed E-state index contributed by atoms with van der Waals surface area (Å²) in [7, 11) is 1.71. The van der Waals surface area contributed by atoms with Crippen LogP contribution in [0.3, 0.4) is 0 Å². The van der Waals surface area contributed by atoms with Gasteiger partial charge in [0.25, 0.3) is 5.91 Å². The molecule has 0 bridgehead atoms. The number of rotatable bonds is 5. The molecule has 0 radical (unpaired) electrons. The van der Waals surface area contributed by atoms with Crippen molar-refractivity contribution >= 4 is 11.9 Å². The summed E-state index contributed by atoms with van der Waals surface area (Å²) in [6, 6.07) is 8.85. The lowest BCUT2D eigenvalue weighted by Crippen LogP contribution is -2.44. The molecule has 2 aromatic rings. The fourth-order valence-corrected chi connectivity index (χ4v) is 2.00. The van der Waals surface area contributed by atoms with Crippen molar-refractivity contribution in [3.05, 3.63) is 53.9 Å². The predicted molar refractivity (Wildman–Crippen MR) is 77.0 cm³/mol. The Kier molecular flexibility index (Phi) is 4.07. The van der Waals surface area contributed by atoms with Gasteiger partial charge in [0.05, 0.1) is 11.8 Å². The summed E-state index contributed by atoms with van der Waals surface area (Å²) >= 11 is 0. The minimum Gasteiger partial charge on any atom is -0.481 e. The average molecular weight is 287 g/mol. The molecule has 1 unspecified atom stereocenters. The lowest BCUT2D eigenvalue weighted by molar-refractivity contribution is -0.142. The topological polar surface area (TPSA) is 84.2 Å². The zero-order valence-corrected chi connectivity index (χ0v) is 11.9. The molecule has 1 atom stereocenters. The first-order valence-corrected chi connectivity index (χ1v) is 6.49. The Morgan fingerprint density at radius 1 is 1.33 bits per heavy atom. The molecule has 0 aliphatic carbocycles. The average Bonchev–Trinajstić information content (AvgIpc) is 2.91. The van der Waals surface area contributed by atoms with E-state index in [2.05, 4.69) is 10.4 Å². The van der Waals surface area contributed by atoms with E-state index in [1.807, 2.05) is 6.07 Å². The molecule has 1 amide bonds. The van der Waals surface area contributed by atoms with E-state index in [-0.39, 0.29) is 12.5 Å². The third-order valence-electron chi connectivity index (χ3n) is 3.45. The fourth-order valence-electron chi connectivity index (χ4n) is 2.00. The number of aryl methyl sites for hydroxylation is 1. The van der Waals surface area contributed by atoms with Gasteiger partial charge in [-0.2, -0.15) is 5.10 Å². The second-order valence-electron chi connectivity index (χ2n) is 5.09. The van der Waals surface area contributed by atoms with Crippen LogP contribution in [0.2, 0.25) is 0 Å². The second kappa shape index (κ2) is 5.78. The zero-order valence-electron chi connectivity index (χ0n) is 11.9. The van der Waals surface area contributed by atoms with Crippen molar-refractivity contribution in [1.82, 2.24) is 15.1 Å². The molecule has 6 nitrogen and oxygen atoms in total. The molecular formula is C15H17N3O3. The maximum absolute atomic E-state index is 12.0. The van der Waals surface area contributed by atoms with E-state index in [9.17, 15) is 14.7 Å². The van der Waals surface area contributed by atoms with Crippen molar-refractivity contribution in [3.63, 3.8) is 0 Å². The maximum Gasteiger partial charge on any atom is 0.315 e. The molecule has 21 heavy (non-hydrogen) atoms. The lowest BCUT2D eigenvalue weighted by Gasteiger charge is -2.25. The van der Waals surface area contributed by atoms with Crippen LogP contribution in [0.15, 0.2) is 42.7 Å². The summed E-state index contributed by atoms with van der Waals surface area (Å²) in [5.41, 5.74) is -0.138. The standard InChI is InChI=1S/C15H17N3O3/c1-15(14(20)21,12-6-4-3-5-7-12)10-16-13(19)11-8-17-18(2)9-11/h3-9H,10H2,1-2H3,(H,16,19)(H,20,21). The van der Waals surface area contributed by atoms with Crippen LogP contribution < -0.4 is 5.32 Å². The molecule has 0 fully saturated rings. The molecule has 0 spiro atoms. The summed E-state index contributed by atoms with van der Waals surface area (Å²) in [6.45, 7) is 1.59. The van der Waals surface area contributed by atoms with E-state index >= 15 is 0 Å². The maximum atomic E-state index is 12.0. The number of nitrogens with zero attached hydrogens (tertiary/aromatic N) is 2. The summed E-state index contributed by atoms with van der Waals surface area (Å²) in [5.74, 6) is -1.33. The number of hydrogen-bond acceptors (Lipinski definition) is 3. The van der Waals surface area contributed by atoms with Crippen LogP contribution in [0, 0.1) is 0 Å². The summed E-state index contributed by atoms with van der Waals surface area (Å²) in [5, 5.41) is 16.1. The highest BCUT2D eigenvalue weighted by atomic mass is 16.4. The lowest BCUT2D eigenvalue weighted by atomic mass is 9.82. The van der Waals surface area contributed by atoms with Crippen LogP contribution in [0.5, 0.6) is 0 Å². The number of carboxylic acids is 1. The van der Waals surface area contributed by atoms with Crippen LogP contribution in [-0.4, -0.2) is 33.3 Å². The minimum absolute atomic E-state index is 0.0000737. The number of benzene rings is 1. The van der Waals surface area contributed by atoms with Gasteiger partial charge in [-0.15, -0.1) is 0 Å². The fraction of sp³-hybridized carbons (Fsp3) is 0.267. The van der Waals surface area contributed by atoms with Crippen molar-refractivity contribution in [2.24, 2.45) is 7.05 Å². The number of carbonyl (C=O) groups excluding carboxylic acids is 1. The molecule has 110 valence electrons. The SMILES string of the molecule is Cn1cc(C(=O)NCC(C)(C(=O)O)c2ccccc2)cn1. The largest absolute Gasteiger partial charge is 0.481 e. The Morgan fingerprint density at radius 3 is 2.52 bits per heavy atom. The van der Waals surface area contributed by atoms with Crippen LogP contribution in [-0.2, 0) is 17.3 Å². The van der Waals surface area contributed by atoms with Gasteiger partial charge in [-0.25, -0.2) is 0 Å². The van der Waals surface area contributed by atoms with Gasteiger partial charge < -0.3 is 10.4 Å². The Labute approximate surface area is 122 Å². The van der Waals surface area contributed by atoms with Crippen molar-refractivity contribution in [2.45, 2.75) is 12.3 Å². The van der Waals surface area contributed by atoms with Gasteiger partial charge in [0, 0.05) is 19.8 Å². The minimum atomic E-state index is -1.18. The molecule has 0 saturated heterocycles. The third kappa shape index (κ3) is 3.10. The molecule has 1 heterocycles. The first-order valence-electron chi connectivity index (χ1n) is 6.49. The van der Waals surface area contributed by atoms with E-state index < -0.39 is 11.4 Å². The van der Waals surface area contributed by atoms with Gasteiger partial charge in [-0.1, -0.05) is 30.3 Å². The number of hydrogen-bond donors (Lipinski definition) is 2. The van der Waals surface area contributed by atoms with E-state index in [4.69, 9.17) is 0 Å². The molecule has 1 aromatic heterocycles. The molecule has 2 rings (SSSR count). The quantitative estimate of drug-likeness (QED) is 0.865. The van der Waals surface area contributed by atoms with Gasteiger partial charge in [0.15, 0.2) is 0 Å². The van der Waals surface area contributed by atoms with Gasteiger partial charge in [0.2, 0.25) is 0 Å². The van der Waals surface area contributed by atoms with Gasteiger partial charge >= 0.3 is 5.97 Å². The second-order valence-corrected chi connectivity index (χ2v) is 5.09. The van der Waals surface area contributed by atoms with Crippen molar-refractivity contribution in [1.29, 1.82) is 0 Å². The van der Waals surface area contributed by atoms with Gasteiger partial charge in [-0.3, -0.25) is 14.3 Å². The first-order chi connectivity index (χ1) is 9.93. The Bertz CT molecular complexity index is 651. The van der Waals surface area contributed by atoms with E-state index in [0.717, 1.165) is 0 Å². The zero-order chi connectivity index (χ0) is 15.5. The van der Waals surface area contributed by atoms with Crippen molar-refractivity contribution < 1.29 is 14.7 Å². The molecule has 0 aliphatic heterocycles. The number of amides is 1. The summed E-state index contributed by atoms with van der Waals surface area (Å²) in [6.07, 6.45) is 3.02. The monoisotopic (exact) mass is 287 g/mol. The molecule has 6 heteroatoms. The Hall–Kier alpha value is -2.63. The normalized spacial score (nSPS) is 13.4. The highest BCUT2D eigenvalue weighted by Gasteiger charge is 2.35. The highest BCUT2D eigenvalue weighted by Crippen LogP contribution is 2.23. The number of carbonyl (C=O) groups is 2. The summed E-state index contributed by atoms with van der Waals surface area (Å²) < 4.78 is 1.52. The third-order valence-corrected chi connectivity index (χ3v) is 3.45. The molecule has 0 aliphatic rings.